The Kier molecular flexibility index (Phi) is 4.08. The van der Waals surface area contributed by atoms with Crippen LogP contribution in [0.25, 0.3) is 6.08 Å². The third-order valence-corrected chi connectivity index (χ3v) is 4.48. The maximum atomic E-state index is 12.4. The van der Waals surface area contributed by atoms with Gasteiger partial charge in [-0.05, 0) is 11.6 Å². The number of benzene rings is 1. The quantitative estimate of drug-likeness (QED) is 0.793. The Hall–Kier alpha value is -1.65. The molecule has 2 saturated heterocycles. The molecule has 2 atom stereocenters. The summed E-state index contributed by atoms with van der Waals surface area (Å²) in [6, 6.07) is 9.88. The second kappa shape index (κ2) is 6.00. The first-order chi connectivity index (χ1) is 10.2. The van der Waals surface area contributed by atoms with Crippen LogP contribution in [0.3, 0.4) is 0 Å². The summed E-state index contributed by atoms with van der Waals surface area (Å²) in [5.74, 6) is 0.468. The van der Waals surface area contributed by atoms with Gasteiger partial charge in [0, 0.05) is 37.6 Å². The van der Waals surface area contributed by atoms with E-state index in [0.717, 1.165) is 25.3 Å². The lowest BCUT2D eigenvalue weighted by molar-refractivity contribution is -0.125. The van der Waals surface area contributed by atoms with Crippen molar-refractivity contribution < 1.29 is 14.3 Å². The van der Waals surface area contributed by atoms with Crippen LogP contribution in [0.15, 0.2) is 36.4 Å². The number of methoxy groups -OCH3 is 1. The van der Waals surface area contributed by atoms with Gasteiger partial charge < -0.3 is 14.4 Å². The van der Waals surface area contributed by atoms with E-state index in [9.17, 15) is 4.79 Å². The summed E-state index contributed by atoms with van der Waals surface area (Å²) in [4.78, 5) is 14.3. The van der Waals surface area contributed by atoms with Crippen molar-refractivity contribution in [2.45, 2.75) is 0 Å². The third-order valence-electron chi connectivity index (χ3n) is 4.48. The average Bonchev–Trinajstić information content (AvgIpc) is 3.03. The monoisotopic (exact) mass is 287 g/mol. The number of ether oxygens (including phenoxy) is 2. The Morgan fingerprint density at radius 2 is 2.29 bits per heavy atom. The van der Waals surface area contributed by atoms with Crippen molar-refractivity contribution in [2.24, 2.45) is 11.3 Å². The molecule has 112 valence electrons. The van der Waals surface area contributed by atoms with E-state index < -0.39 is 0 Å². The molecule has 0 radical (unpaired) electrons. The summed E-state index contributed by atoms with van der Waals surface area (Å²) < 4.78 is 10.9. The van der Waals surface area contributed by atoms with Gasteiger partial charge in [-0.3, -0.25) is 4.79 Å². The van der Waals surface area contributed by atoms with E-state index in [1.165, 1.54) is 0 Å². The van der Waals surface area contributed by atoms with Gasteiger partial charge in [-0.1, -0.05) is 30.3 Å². The zero-order chi connectivity index (χ0) is 14.7. The van der Waals surface area contributed by atoms with Crippen LogP contribution < -0.4 is 0 Å². The zero-order valence-corrected chi connectivity index (χ0v) is 12.3. The van der Waals surface area contributed by atoms with E-state index in [-0.39, 0.29) is 11.3 Å². The lowest BCUT2D eigenvalue weighted by atomic mass is 9.82. The molecule has 2 heterocycles. The van der Waals surface area contributed by atoms with Gasteiger partial charge in [0.2, 0.25) is 5.91 Å². The van der Waals surface area contributed by atoms with Crippen molar-refractivity contribution in [1.29, 1.82) is 0 Å². The lowest BCUT2D eigenvalue weighted by Gasteiger charge is -2.25. The molecular weight excluding hydrogens is 266 g/mol. The van der Waals surface area contributed by atoms with Gasteiger partial charge in [-0.15, -0.1) is 0 Å². The molecule has 2 aliphatic rings. The number of hydrogen-bond donors (Lipinski definition) is 0. The van der Waals surface area contributed by atoms with Crippen molar-refractivity contribution in [3.63, 3.8) is 0 Å². The van der Waals surface area contributed by atoms with Crippen LogP contribution in [0.1, 0.15) is 5.56 Å². The molecule has 0 saturated carbocycles. The molecule has 4 nitrogen and oxygen atoms in total. The predicted octanol–water partition coefficient (Wildman–Crippen LogP) is 1.82. The number of fused-ring (bicyclic) bond motifs is 1. The highest BCUT2D eigenvalue weighted by atomic mass is 16.5. The molecule has 0 spiro atoms. The van der Waals surface area contributed by atoms with Crippen molar-refractivity contribution in [3.05, 3.63) is 42.0 Å². The fraction of sp³-hybridized carbons (Fsp3) is 0.471. The predicted molar refractivity (Wildman–Crippen MR) is 80.7 cm³/mol. The number of carbonyl (C=O) groups is 1. The molecule has 0 aliphatic carbocycles. The zero-order valence-electron chi connectivity index (χ0n) is 12.3. The Labute approximate surface area is 125 Å². The fourth-order valence-corrected chi connectivity index (χ4v) is 3.33. The van der Waals surface area contributed by atoms with E-state index in [1.54, 1.807) is 13.2 Å². The van der Waals surface area contributed by atoms with E-state index >= 15 is 0 Å². The van der Waals surface area contributed by atoms with Crippen LogP contribution in [-0.2, 0) is 14.3 Å². The lowest BCUT2D eigenvalue weighted by Crippen LogP contribution is -2.36. The number of rotatable bonds is 4. The van der Waals surface area contributed by atoms with Crippen molar-refractivity contribution in [3.8, 4) is 0 Å². The Bertz CT molecular complexity index is 528. The molecule has 1 aromatic rings. The largest absolute Gasteiger partial charge is 0.384 e. The SMILES string of the molecule is COC[C@@]12COC[C@@H]1CN(C(=O)C=Cc1ccccc1)C2. The highest BCUT2D eigenvalue weighted by Gasteiger charge is 2.51. The first-order valence-electron chi connectivity index (χ1n) is 7.32. The molecule has 0 unspecified atom stereocenters. The summed E-state index contributed by atoms with van der Waals surface area (Å²) in [6.45, 7) is 3.57. The van der Waals surface area contributed by atoms with Crippen molar-refractivity contribution in [1.82, 2.24) is 4.90 Å². The Morgan fingerprint density at radius 3 is 3.05 bits per heavy atom. The van der Waals surface area contributed by atoms with Crippen LogP contribution >= 0.6 is 0 Å². The average molecular weight is 287 g/mol. The minimum absolute atomic E-state index is 0.00893. The molecule has 0 aromatic heterocycles. The summed E-state index contributed by atoms with van der Waals surface area (Å²) in [5.41, 5.74) is 1.03. The second-order valence-corrected chi connectivity index (χ2v) is 5.97. The summed E-state index contributed by atoms with van der Waals surface area (Å²) >= 11 is 0. The van der Waals surface area contributed by atoms with Crippen LogP contribution in [0.5, 0.6) is 0 Å². The van der Waals surface area contributed by atoms with Crippen LogP contribution in [-0.4, -0.2) is 50.8 Å². The van der Waals surface area contributed by atoms with E-state index in [2.05, 4.69) is 0 Å². The highest BCUT2D eigenvalue weighted by Crippen LogP contribution is 2.41. The molecule has 4 heteroatoms. The number of hydrogen-bond acceptors (Lipinski definition) is 3. The van der Waals surface area contributed by atoms with Crippen LogP contribution in [0.4, 0.5) is 0 Å². The molecule has 2 fully saturated rings. The summed E-state index contributed by atoms with van der Waals surface area (Å²) in [6.07, 6.45) is 3.54. The van der Waals surface area contributed by atoms with Crippen LogP contribution in [0.2, 0.25) is 0 Å². The van der Waals surface area contributed by atoms with E-state index in [4.69, 9.17) is 9.47 Å². The first kappa shape index (κ1) is 14.3. The van der Waals surface area contributed by atoms with Gasteiger partial charge in [0.15, 0.2) is 0 Å². The molecule has 1 aromatic carbocycles. The Balaban J connectivity index is 1.66. The van der Waals surface area contributed by atoms with Gasteiger partial charge in [-0.2, -0.15) is 0 Å². The molecule has 0 bridgehead atoms. The standard InChI is InChI=1S/C17H21NO3/c1-20-12-17-11-18(9-15(17)10-21-13-17)16(19)8-7-14-5-3-2-4-6-14/h2-8,15H,9-13H2,1H3/t15-,17-/m0/s1. The number of likely N-dealkylation sites (tertiary alicyclic amines) is 1. The maximum absolute atomic E-state index is 12.4. The highest BCUT2D eigenvalue weighted by molar-refractivity contribution is 5.92. The smallest absolute Gasteiger partial charge is 0.246 e. The van der Waals surface area contributed by atoms with Crippen molar-refractivity contribution >= 4 is 12.0 Å². The molecule has 0 N–H and O–H groups in total. The molecular formula is C17H21NO3. The normalized spacial score (nSPS) is 28.2. The molecule has 21 heavy (non-hydrogen) atoms. The van der Waals surface area contributed by atoms with Crippen LogP contribution in [0, 0.1) is 11.3 Å². The molecule has 2 aliphatic heterocycles. The minimum atomic E-state index is -0.00893. The maximum Gasteiger partial charge on any atom is 0.246 e. The third kappa shape index (κ3) is 2.87. The molecule has 3 rings (SSSR count). The van der Waals surface area contributed by atoms with Gasteiger partial charge in [0.05, 0.1) is 19.8 Å². The first-order valence-corrected chi connectivity index (χ1v) is 7.32. The number of amides is 1. The van der Waals surface area contributed by atoms with E-state index in [0.29, 0.717) is 19.1 Å². The van der Waals surface area contributed by atoms with Gasteiger partial charge in [-0.25, -0.2) is 0 Å². The summed E-state index contributed by atoms with van der Waals surface area (Å²) in [7, 11) is 1.71. The number of nitrogens with zero attached hydrogens (tertiary/aromatic N) is 1. The minimum Gasteiger partial charge on any atom is -0.384 e. The number of carbonyl (C=O) groups excluding carboxylic acids is 1. The van der Waals surface area contributed by atoms with Gasteiger partial charge in [0.25, 0.3) is 0 Å². The van der Waals surface area contributed by atoms with E-state index in [1.807, 2.05) is 41.3 Å². The fourth-order valence-electron chi connectivity index (χ4n) is 3.33. The second-order valence-electron chi connectivity index (χ2n) is 5.97. The van der Waals surface area contributed by atoms with Crippen molar-refractivity contribution in [2.75, 3.05) is 40.0 Å². The van der Waals surface area contributed by atoms with Gasteiger partial charge in [0.1, 0.15) is 0 Å². The molecule has 1 amide bonds. The topological polar surface area (TPSA) is 38.8 Å². The van der Waals surface area contributed by atoms with Gasteiger partial charge >= 0.3 is 0 Å². The Morgan fingerprint density at radius 1 is 1.48 bits per heavy atom. The summed E-state index contributed by atoms with van der Waals surface area (Å²) in [5, 5.41) is 0.